The summed E-state index contributed by atoms with van der Waals surface area (Å²) in [6.45, 7) is -1.92. The zero-order valence-corrected chi connectivity index (χ0v) is 23.1. The number of nitrogens with one attached hydrogen (secondary N) is 3. The number of hydrogen-bond donors (Lipinski definition) is 4. The Morgan fingerprint density at radius 3 is 2.70 bits per heavy atom. The summed E-state index contributed by atoms with van der Waals surface area (Å²) in [6.07, 6.45) is 2.16. The number of benzene rings is 2. The van der Waals surface area contributed by atoms with Gasteiger partial charge in [0.1, 0.15) is 11.6 Å². The summed E-state index contributed by atoms with van der Waals surface area (Å²) in [7, 11) is 0. The zero-order valence-electron chi connectivity index (χ0n) is 23.1. The molecular formula is C31H29F2N5O5. The molecule has 2 aliphatic rings. The Bertz CT molecular complexity index is 1690. The number of aromatic amines is 1. The lowest BCUT2D eigenvalue weighted by molar-refractivity contribution is -0.160. The lowest BCUT2D eigenvalue weighted by atomic mass is 9.93. The van der Waals surface area contributed by atoms with E-state index in [1.807, 2.05) is 30.3 Å². The molecule has 1 unspecified atom stereocenters. The number of rotatable bonds is 8. The molecule has 0 spiro atoms. The monoisotopic (exact) mass is 589 g/mol. The first-order valence-corrected chi connectivity index (χ1v) is 13.8. The Labute approximate surface area is 245 Å². The van der Waals surface area contributed by atoms with Crippen molar-refractivity contribution in [2.75, 3.05) is 13.1 Å². The highest BCUT2D eigenvalue weighted by Gasteiger charge is 2.41. The van der Waals surface area contributed by atoms with Crippen molar-refractivity contribution >= 4 is 28.6 Å². The van der Waals surface area contributed by atoms with Gasteiger partial charge in [0.25, 0.3) is 5.91 Å². The molecule has 1 aliphatic heterocycles. The molecule has 1 aliphatic carbocycles. The Morgan fingerprint density at radius 1 is 1.12 bits per heavy atom. The molecule has 43 heavy (non-hydrogen) atoms. The van der Waals surface area contributed by atoms with E-state index in [0.717, 1.165) is 26.9 Å². The number of likely N-dealkylation sites (tertiary alicyclic amines) is 1. The van der Waals surface area contributed by atoms with E-state index in [0.29, 0.717) is 16.8 Å². The minimum atomic E-state index is -3.06. The molecule has 0 saturated carbocycles. The van der Waals surface area contributed by atoms with E-state index in [9.17, 15) is 28.3 Å². The number of alkyl halides is 2. The third-order valence-electron chi connectivity index (χ3n) is 8.06. The van der Waals surface area contributed by atoms with Gasteiger partial charge >= 0.3 is 6.61 Å². The van der Waals surface area contributed by atoms with Crippen molar-refractivity contribution in [1.29, 1.82) is 0 Å². The number of carbonyl (C=O) groups excluding carboxylic acids is 3. The quantitative estimate of drug-likeness (QED) is 0.250. The Hall–Kier alpha value is -4.68. The van der Waals surface area contributed by atoms with Gasteiger partial charge in [0.15, 0.2) is 0 Å². The van der Waals surface area contributed by atoms with Gasteiger partial charge in [-0.25, -0.2) is 0 Å². The molecule has 12 heteroatoms. The predicted molar refractivity (Wildman–Crippen MR) is 152 cm³/mol. The smallest absolute Gasteiger partial charge is 0.345 e. The van der Waals surface area contributed by atoms with E-state index in [1.54, 1.807) is 43.6 Å². The second kappa shape index (κ2) is 11.2. The molecule has 3 atom stereocenters. The molecule has 0 radical (unpaired) electrons. The van der Waals surface area contributed by atoms with E-state index in [2.05, 4.69) is 25.3 Å². The van der Waals surface area contributed by atoms with Gasteiger partial charge in [-0.3, -0.25) is 19.4 Å². The summed E-state index contributed by atoms with van der Waals surface area (Å²) < 4.78 is 30.6. The van der Waals surface area contributed by atoms with Crippen LogP contribution in [0.15, 0.2) is 67.0 Å². The van der Waals surface area contributed by atoms with Crippen molar-refractivity contribution in [3.05, 3.63) is 89.4 Å². The SMILES string of the molecule is CC1(O)c2ccccc2-c2cc(C(=O)NCC(=O)N3C[C@H](OC(F)F)C[C@H]3C(=O)NCc3cc4cnccc4[nH]3)ccc21. The highest BCUT2D eigenvalue weighted by atomic mass is 19.3. The number of nitrogens with zero attached hydrogens (tertiary/aromatic N) is 2. The van der Waals surface area contributed by atoms with Crippen LogP contribution in [0.5, 0.6) is 0 Å². The van der Waals surface area contributed by atoms with Gasteiger partial charge in [0, 0.05) is 47.5 Å². The first-order chi connectivity index (χ1) is 20.6. The van der Waals surface area contributed by atoms with Gasteiger partial charge in [0.2, 0.25) is 11.8 Å². The van der Waals surface area contributed by atoms with Crippen molar-refractivity contribution in [3.8, 4) is 11.1 Å². The number of aromatic nitrogens is 2. The molecule has 1 fully saturated rings. The third kappa shape index (κ3) is 5.46. The molecule has 10 nitrogen and oxygen atoms in total. The van der Waals surface area contributed by atoms with E-state index in [1.165, 1.54) is 0 Å². The fourth-order valence-electron chi connectivity index (χ4n) is 5.97. The topological polar surface area (TPSA) is 137 Å². The molecular weight excluding hydrogens is 560 g/mol. The van der Waals surface area contributed by atoms with Gasteiger partial charge in [0.05, 0.1) is 19.2 Å². The Balaban J connectivity index is 1.12. The highest BCUT2D eigenvalue weighted by molar-refractivity contribution is 5.99. The van der Waals surface area contributed by atoms with Gasteiger partial charge in [-0.1, -0.05) is 30.3 Å². The molecule has 3 amide bonds. The van der Waals surface area contributed by atoms with E-state index in [4.69, 9.17) is 0 Å². The van der Waals surface area contributed by atoms with Crippen LogP contribution in [0.4, 0.5) is 8.78 Å². The summed E-state index contributed by atoms with van der Waals surface area (Å²) >= 11 is 0. The normalized spacial score (nSPS) is 20.7. The molecule has 1 saturated heterocycles. The molecule has 4 N–H and O–H groups in total. The average molecular weight is 590 g/mol. The Morgan fingerprint density at radius 2 is 1.91 bits per heavy atom. The van der Waals surface area contributed by atoms with Crippen LogP contribution in [0.1, 0.15) is 40.5 Å². The van der Waals surface area contributed by atoms with Crippen LogP contribution in [0.25, 0.3) is 22.0 Å². The van der Waals surface area contributed by atoms with Crippen LogP contribution < -0.4 is 10.6 Å². The van der Waals surface area contributed by atoms with Crippen molar-refractivity contribution in [2.24, 2.45) is 0 Å². The van der Waals surface area contributed by atoms with Crippen molar-refractivity contribution < 1.29 is 33.0 Å². The van der Waals surface area contributed by atoms with Gasteiger partial charge in [-0.2, -0.15) is 8.78 Å². The minimum Gasteiger partial charge on any atom is -0.381 e. The average Bonchev–Trinajstić information content (AvgIpc) is 3.67. The van der Waals surface area contributed by atoms with Crippen LogP contribution in [-0.2, 0) is 26.5 Å². The van der Waals surface area contributed by atoms with Crippen LogP contribution in [0.2, 0.25) is 0 Å². The fourth-order valence-corrected chi connectivity index (χ4v) is 5.97. The van der Waals surface area contributed by atoms with E-state index in [-0.39, 0.29) is 25.1 Å². The lowest BCUT2D eigenvalue weighted by Gasteiger charge is -2.24. The lowest BCUT2D eigenvalue weighted by Crippen LogP contribution is -2.49. The zero-order chi connectivity index (χ0) is 30.3. The van der Waals surface area contributed by atoms with Crippen LogP contribution in [-0.4, -0.2) is 69.5 Å². The maximum absolute atomic E-state index is 13.2. The maximum atomic E-state index is 13.2. The molecule has 2 aromatic carbocycles. The molecule has 0 bridgehead atoms. The largest absolute Gasteiger partial charge is 0.381 e. The van der Waals surface area contributed by atoms with Crippen LogP contribution in [0.3, 0.4) is 0 Å². The number of amides is 3. The van der Waals surface area contributed by atoms with E-state index < -0.39 is 48.6 Å². The second-order valence-electron chi connectivity index (χ2n) is 10.9. The first-order valence-electron chi connectivity index (χ1n) is 13.8. The summed E-state index contributed by atoms with van der Waals surface area (Å²) in [4.78, 5) is 47.7. The van der Waals surface area contributed by atoms with Gasteiger partial charge < -0.3 is 30.4 Å². The van der Waals surface area contributed by atoms with Crippen LogP contribution >= 0.6 is 0 Å². The van der Waals surface area contributed by atoms with Crippen molar-refractivity contribution in [3.63, 3.8) is 0 Å². The number of hydrogen-bond acceptors (Lipinski definition) is 6. The first kappa shape index (κ1) is 28.4. The third-order valence-corrected chi connectivity index (χ3v) is 8.06. The van der Waals surface area contributed by atoms with Gasteiger partial charge in [-0.15, -0.1) is 0 Å². The number of carbonyl (C=O) groups is 3. The summed E-state index contributed by atoms with van der Waals surface area (Å²) in [5, 5.41) is 17.3. The second-order valence-corrected chi connectivity index (χ2v) is 10.9. The molecule has 4 aromatic rings. The van der Waals surface area contributed by atoms with Crippen LogP contribution in [0, 0.1) is 0 Å². The number of fused-ring (bicyclic) bond motifs is 4. The molecule has 6 rings (SSSR count). The van der Waals surface area contributed by atoms with Gasteiger partial charge in [-0.05, 0) is 53.4 Å². The predicted octanol–water partition coefficient (Wildman–Crippen LogP) is 3.05. The number of halogens is 2. The Kier molecular flexibility index (Phi) is 7.40. The molecule has 222 valence electrons. The standard InChI is InChI=1S/C31H29F2N5O5/c1-31(42)23-5-3-2-4-21(23)22-11-17(6-7-24(22)31)28(40)36-15-27(39)38-16-20(43-30(32)33)12-26(38)29(41)35-14-19-10-18-13-34-9-8-25(18)37-19/h2-11,13,20,26,30,37,42H,12,14-16H2,1H3,(H,35,41)(H,36,40)/t20-,26+,31?/m1/s1. The molecule has 2 aromatic heterocycles. The summed E-state index contributed by atoms with van der Waals surface area (Å²) in [5.74, 6) is -1.67. The number of ether oxygens (including phenoxy) is 1. The highest BCUT2D eigenvalue weighted by Crippen LogP contribution is 2.47. The molecule has 3 heterocycles. The fraction of sp³-hybridized carbons (Fsp3) is 0.290. The number of aliphatic hydroxyl groups is 1. The number of H-pyrrole nitrogens is 1. The van der Waals surface area contributed by atoms with Crippen molar-refractivity contribution in [2.45, 2.75) is 44.2 Å². The number of pyridine rings is 1. The maximum Gasteiger partial charge on any atom is 0.345 e. The van der Waals surface area contributed by atoms with E-state index >= 15 is 0 Å². The summed E-state index contributed by atoms with van der Waals surface area (Å²) in [5.41, 5.74) is 3.56. The minimum absolute atomic E-state index is 0.114. The van der Waals surface area contributed by atoms with Crippen molar-refractivity contribution in [1.82, 2.24) is 25.5 Å². The summed E-state index contributed by atoms with van der Waals surface area (Å²) in [6, 6.07) is 14.9.